The number of likely N-dealkylation sites (N-methyl/N-ethyl adjacent to an activating group) is 2. The molecule has 5 nitrogen and oxygen atoms in total. The predicted molar refractivity (Wildman–Crippen MR) is 75.2 cm³/mol. The number of hydrogen-bond donors (Lipinski definition) is 2. The van der Waals surface area contributed by atoms with Crippen molar-refractivity contribution in [2.24, 2.45) is 0 Å². The highest BCUT2D eigenvalue weighted by molar-refractivity contribution is 5.82. The molecule has 1 unspecified atom stereocenters. The lowest BCUT2D eigenvalue weighted by molar-refractivity contribution is -0.129. The Hall–Kier alpha value is -1.59. The molecule has 19 heavy (non-hydrogen) atoms. The molecular weight excluding hydrogens is 242 g/mol. The number of rotatable bonds is 4. The van der Waals surface area contributed by atoms with E-state index in [-0.39, 0.29) is 5.91 Å². The molecule has 0 saturated carbocycles. The van der Waals surface area contributed by atoms with E-state index in [0.717, 1.165) is 24.3 Å². The van der Waals surface area contributed by atoms with Crippen molar-refractivity contribution in [3.05, 3.63) is 29.8 Å². The maximum absolute atomic E-state index is 11.7. The Morgan fingerprint density at radius 2 is 2.00 bits per heavy atom. The number of hydrogen-bond acceptors (Lipinski definition) is 4. The second-order valence-electron chi connectivity index (χ2n) is 4.90. The first kappa shape index (κ1) is 13.8. The number of benzene rings is 1. The van der Waals surface area contributed by atoms with Crippen LogP contribution in [0.3, 0.4) is 0 Å². The summed E-state index contributed by atoms with van der Waals surface area (Å²) in [4.78, 5) is 15.5. The molecule has 1 aliphatic heterocycles. The van der Waals surface area contributed by atoms with Gasteiger partial charge in [0.15, 0.2) is 0 Å². The van der Waals surface area contributed by atoms with E-state index in [1.54, 1.807) is 4.90 Å². The summed E-state index contributed by atoms with van der Waals surface area (Å²) in [7, 11) is 3.64. The SMILES string of the molecule is CNCC(O)c1ccc(N2CCN(C)C(=O)C2)cc1. The van der Waals surface area contributed by atoms with Crippen molar-refractivity contribution in [1.82, 2.24) is 10.2 Å². The molecule has 2 N–H and O–H groups in total. The highest BCUT2D eigenvalue weighted by atomic mass is 16.3. The Bertz CT molecular complexity index is 433. The van der Waals surface area contributed by atoms with Crippen LogP contribution in [-0.2, 0) is 4.79 Å². The summed E-state index contributed by atoms with van der Waals surface area (Å²) in [6.07, 6.45) is -0.492. The molecular formula is C14H21N3O2. The van der Waals surface area contributed by atoms with Crippen molar-refractivity contribution in [3.8, 4) is 0 Å². The zero-order chi connectivity index (χ0) is 13.8. The third kappa shape index (κ3) is 3.24. The summed E-state index contributed by atoms with van der Waals surface area (Å²) < 4.78 is 0. The third-order valence-corrected chi connectivity index (χ3v) is 3.50. The third-order valence-electron chi connectivity index (χ3n) is 3.50. The van der Waals surface area contributed by atoms with E-state index in [1.807, 2.05) is 38.4 Å². The molecule has 5 heteroatoms. The van der Waals surface area contributed by atoms with Crippen molar-refractivity contribution < 1.29 is 9.90 Å². The maximum atomic E-state index is 11.7. The molecule has 0 bridgehead atoms. The Labute approximate surface area is 113 Å². The van der Waals surface area contributed by atoms with Gasteiger partial charge >= 0.3 is 0 Å². The first-order chi connectivity index (χ1) is 9.11. The Morgan fingerprint density at radius 3 is 2.58 bits per heavy atom. The number of nitrogens with one attached hydrogen (secondary N) is 1. The fraction of sp³-hybridized carbons (Fsp3) is 0.500. The summed E-state index contributed by atoms with van der Waals surface area (Å²) in [6, 6.07) is 7.76. The fourth-order valence-corrected chi connectivity index (χ4v) is 2.20. The largest absolute Gasteiger partial charge is 0.387 e. The van der Waals surface area contributed by atoms with E-state index in [4.69, 9.17) is 0 Å². The van der Waals surface area contributed by atoms with E-state index < -0.39 is 6.10 Å². The smallest absolute Gasteiger partial charge is 0.241 e. The summed E-state index contributed by atoms with van der Waals surface area (Å²) in [5.74, 6) is 0.144. The summed E-state index contributed by atoms with van der Waals surface area (Å²) >= 11 is 0. The lowest BCUT2D eigenvalue weighted by Gasteiger charge is -2.33. The minimum absolute atomic E-state index is 0.144. The molecule has 1 aliphatic rings. The second kappa shape index (κ2) is 6.04. The summed E-state index contributed by atoms with van der Waals surface area (Å²) in [5, 5.41) is 12.8. The van der Waals surface area contributed by atoms with E-state index in [9.17, 15) is 9.90 Å². The van der Waals surface area contributed by atoms with Gasteiger partial charge in [0, 0.05) is 32.4 Å². The molecule has 0 spiro atoms. The number of aliphatic hydroxyl groups excluding tert-OH is 1. The maximum Gasteiger partial charge on any atom is 0.241 e. The van der Waals surface area contributed by atoms with Crippen molar-refractivity contribution in [1.29, 1.82) is 0 Å². The van der Waals surface area contributed by atoms with Gasteiger partial charge in [-0.15, -0.1) is 0 Å². The topological polar surface area (TPSA) is 55.8 Å². The van der Waals surface area contributed by atoms with Gasteiger partial charge < -0.3 is 20.2 Å². The molecule has 1 saturated heterocycles. The number of amides is 1. The van der Waals surface area contributed by atoms with Crippen LogP contribution in [0.15, 0.2) is 24.3 Å². The van der Waals surface area contributed by atoms with Crippen LogP contribution in [0.5, 0.6) is 0 Å². The minimum atomic E-state index is -0.492. The first-order valence-electron chi connectivity index (χ1n) is 6.53. The van der Waals surface area contributed by atoms with Crippen molar-refractivity contribution in [2.45, 2.75) is 6.10 Å². The number of carbonyl (C=O) groups excluding carboxylic acids is 1. The van der Waals surface area contributed by atoms with Crippen molar-refractivity contribution in [2.75, 3.05) is 45.2 Å². The lowest BCUT2D eigenvalue weighted by Crippen LogP contribution is -2.48. The molecule has 1 fully saturated rings. The number of nitrogens with zero attached hydrogens (tertiary/aromatic N) is 2. The molecule has 104 valence electrons. The Morgan fingerprint density at radius 1 is 1.32 bits per heavy atom. The van der Waals surface area contributed by atoms with E-state index in [1.165, 1.54) is 0 Å². The second-order valence-corrected chi connectivity index (χ2v) is 4.90. The van der Waals surface area contributed by atoms with E-state index >= 15 is 0 Å². The van der Waals surface area contributed by atoms with Crippen LogP contribution in [0.1, 0.15) is 11.7 Å². The van der Waals surface area contributed by atoms with Gasteiger partial charge in [-0.2, -0.15) is 0 Å². The van der Waals surface area contributed by atoms with E-state index in [2.05, 4.69) is 10.2 Å². The van der Waals surface area contributed by atoms with Crippen LogP contribution >= 0.6 is 0 Å². The Kier molecular flexibility index (Phi) is 4.39. The number of anilines is 1. The van der Waals surface area contributed by atoms with Crippen LogP contribution < -0.4 is 10.2 Å². The van der Waals surface area contributed by atoms with Crippen LogP contribution in [-0.4, -0.2) is 56.2 Å². The van der Waals surface area contributed by atoms with Gasteiger partial charge in [0.1, 0.15) is 0 Å². The molecule has 1 atom stereocenters. The van der Waals surface area contributed by atoms with Crippen LogP contribution in [0.2, 0.25) is 0 Å². The Balaban J connectivity index is 2.04. The molecule has 2 rings (SSSR count). The van der Waals surface area contributed by atoms with Crippen molar-refractivity contribution >= 4 is 11.6 Å². The molecule has 1 aromatic carbocycles. The number of aliphatic hydroxyl groups is 1. The van der Waals surface area contributed by atoms with Crippen molar-refractivity contribution in [3.63, 3.8) is 0 Å². The zero-order valence-electron chi connectivity index (χ0n) is 11.5. The van der Waals surface area contributed by atoms with Gasteiger partial charge in [-0.25, -0.2) is 0 Å². The molecule has 0 radical (unpaired) electrons. The van der Waals surface area contributed by atoms with Gasteiger partial charge in [0.2, 0.25) is 5.91 Å². The zero-order valence-corrected chi connectivity index (χ0v) is 11.5. The minimum Gasteiger partial charge on any atom is -0.387 e. The van der Waals surface area contributed by atoms with Crippen LogP contribution in [0.25, 0.3) is 0 Å². The molecule has 0 aliphatic carbocycles. The van der Waals surface area contributed by atoms with Gasteiger partial charge in [0.05, 0.1) is 12.6 Å². The standard InChI is InChI=1S/C14H21N3O2/c1-15-9-13(18)11-3-5-12(6-4-11)17-8-7-16(2)14(19)10-17/h3-6,13,15,18H,7-10H2,1-2H3. The highest BCUT2D eigenvalue weighted by Gasteiger charge is 2.21. The quantitative estimate of drug-likeness (QED) is 0.816. The number of carbonyl (C=O) groups is 1. The van der Waals surface area contributed by atoms with Gasteiger partial charge in [-0.3, -0.25) is 4.79 Å². The van der Waals surface area contributed by atoms with Gasteiger partial charge in [-0.05, 0) is 24.7 Å². The first-order valence-corrected chi connectivity index (χ1v) is 6.53. The molecule has 0 aromatic heterocycles. The highest BCUT2D eigenvalue weighted by Crippen LogP contribution is 2.20. The van der Waals surface area contributed by atoms with Crippen LogP contribution in [0, 0.1) is 0 Å². The van der Waals surface area contributed by atoms with Gasteiger partial charge in [0.25, 0.3) is 0 Å². The normalized spacial score (nSPS) is 17.7. The van der Waals surface area contributed by atoms with Gasteiger partial charge in [-0.1, -0.05) is 12.1 Å². The fourth-order valence-electron chi connectivity index (χ4n) is 2.20. The predicted octanol–water partition coefficient (Wildman–Crippen LogP) is 0.218. The molecule has 1 amide bonds. The summed E-state index contributed by atoms with van der Waals surface area (Å²) in [5.41, 5.74) is 1.92. The average Bonchev–Trinajstić information content (AvgIpc) is 2.42. The lowest BCUT2D eigenvalue weighted by atomic mass is 10.1. The van der Waals surface area contributed by atoms with Crippen LogP contribution in [0.4, 0.5) is 5.69 Å². The average molecular weight is 263 g/mol. The molecule has 1 aromatic rings. The van der Waals surface area contributed by atoms with E-state index in [0.29, 0.717) is 13.1 Å². The summed E-state index contributed by atoms with van der Waals surface area (Å²) in [6.45, 7) is 2.56. The number of piperazine rings is 1. The monoisotopic (exact) mass is 263 g/mol. The molecule has 1 heterocycles.